The maximum Gasteiger partial charge on any atom is 0.418 e. The third-order valence-electron chi connectivity index (χ3n) is 13.1. The highest BCUT2D eigenvalue weighted by atomic mass is 79.9. The van der Waals surface area contributed by atoms with Crippen molar-refractivity contribution in [3.63, 3.8) is 0 Å². The van der Waals surface area contributed by atoms with Gasteiger partial charge in [-0.05, 0) is 124 Å². The first-order chi connectivity index (χ1) is 36.7. The molecule has 6 atom stereocenters. The number of carbonyl (C=O) groups excluding carboxylic acids is 3. The van der Waals surface area contributed by atoms with Crippen LogP contribution in [0.3, 0.4) is 0 Å². The zero-order valence-electron chi connectivity index (χ0n) is 46.1. The Kier molecular flexibility index (Phi) is 20.8. The first-order valence-corrected chi connectivity index (χ1v) is 32.5. The molecule has 0 radical (unpaired) electrons. The number of amides is 3. The summed E-state index contributed by atoms with van der Waals surface area (Å²) >= 11 is 7.84. The van der Waals surface area contributed by atoms with Crippen LogP contribution in [0.4, 0.5) is 27.4 Å². The van der Waals surface area contributed by atoms with Crippen molar-refractivity contribution in [3.8, 4) is 6.07 Å². The second-order valence-corrected chi connectivity index (χ2v) is 33.8. The molecule has 4 heterocycles. The minimum atomic E-state index is -1.39. The third kappa shape index (κ3) is 15.0. The van der Waals surface area contributed by atoms with E-state index in [1.54, 1.807) is 68.9 Å². The molecule has 0 bridgehead atoms. The van der Waals surface area contributed by atoms with E-state index in [4.69, 9.17) is 32.0 Å². The van der Waals surface area contributed by atoms with Gasteiger partial charge in [-0.3, -0.25) is 24.6 Å². The number of hydrogen-bond donors (Lipinski definition) is 1. The van der Waals surface area contributed by atoms with Crippen molar-refractivity contribution >= 4 is 121 Å². The van der Waals surface area contributed by atoms with Crippen LogP contribution < -0.4 is 5.73 Å². The fourth-order valence-electron chi connectivity index (χ4n) is 9.17. The zero-order chi connectivity index (χ0) is 58.8. The van der Waals surface area contributed by atoms with Gasteiger partial charge in [0.25, 0.3) is 5.00 Å². The quantitative estimate of drug-likeness (QED) is 0.0468. The first kappa shape index (κ1) is 65.4. The first-order valence-electron chi connectivity index (χ1n) is 24.7. The van der Waals surface area contributed by atoms with Crippen LogP contribution in [0.2, 0.25) is 25.7 Å². The van der Waals surface area contributed by atoms with Gasteiger partial charge in [0.1, 0.15) is 49.4 Å². The Morgan fingerprint density at radius 1 is 0.900 bits per heavy atom. The number of rotatable bonds is 12. The van der Waals surface area contributed by atoms with Gasteiger partial charge in [-0.25, -0.2) is 37.1 Å². The van der Waals surface area contributed by atoms with E-state index in [0.29, 0.717) is 35.5 Å². The van der Waals surface area contributed by atoms with Crippen molar-refractivity contribution in [2.45, 2.75) is 114 Å². The summed E-state index contributed by atoms with van der Waals surface area (Å²) in [7, 11) is 5.33. The number of nitrogens with zero attached hydrogens (tertiary/aromatic N) is 9. The van der Waals surface area contributed by atoms with E-state index in [2.05, 4.69) is 55.4 Å². The predicted molar refractivity (Wildman–Crippen MR) is 321 cm³/mol. The maximum absolute atomic E-state index is 15.5. The Labute approximate surface area is 492 Å². The number of aliphatic imine (C=N–C) groups is 2. The number of allylic oxidation sites excluding steroid dienone is 1. The lowest BCUT2D eigenvalue weighted by atomic mass is 9.84. The maximum atomic E-state index is 15.5. The van der Waals surface area contributed by atoms with Crippen LogP contribution in [0.1, 0.15) is 93.9 Å². The Balaban J connectivity index is 0.000000260. The molecule has 4 aliphatic rings. The largest absolute Gasteiger partial charge is 0.443 e. The molecule has 4 aromatic rings. The summed E-state index contributed by atoms with van der Waals surface area (Å²) in [6, 6.07) is 11.5. The monoisotopic (exact) mass is 1260 g/mol. The topological polar surface area (TPSA) is 184 Å². The van der Waals surface area contributed by atoms with E-state index in [9.17, 15) is 27.6 Å². The van der Waals surface area contributed by atoms with Crippen molar-refractivity contribution < 1.29 is 41.4 Å². The van der Waals surface area contributed by atoms with Crippen LogP contribution in [0.5, 0.6) is 0 Å². The number of nitrogens with two attached hydrogens (primary N) is 1. The Hall–Kier alpha value is -5.41. The molecule has 8 rings (SSSR count). The summed E-state index contributed by atoms with van der Waals surface area (Å²) in [6.45, 7) is 24.2. The molecule has 2 fully saturated rings. The summed E-state index contributed by atoms with van der Waals surface area (Å²) < 4.78 is 69.5. The van der Waals surface area contributed by atoms with Gasteiger partial charge in [-0.2, -0.15) is 5.26 Å². The SMILES string of the molecule is C.C/C(F)=C/c1ccc(F)c([C@@]2(C)N=C(N(COCC[Si](C)(C)C)C(=O)OC(C)(C)C)S[C@@]3(C(=O)N(C)C)C[C@H]32)c1.N#Cc1cnc(Br)s1.[C-]#[N+]c1cnc(/C(F)=C/c2ccc(F)c([C@@]3(C)N=C(N)S[C@@]4(C(=O)N(C)C)C[C@H]43)c2)s1. The molecular weight excluding hydrogens is 1190 g/mol. The summed E-state index contributed by atoms with van der Waals surface area (Å²) in [6.07, 6.45) is 5.72. The highest BCUT2D eigenvalue weighted by Crippen LogP contribution is 2.68. The highest BCUT2D eigenvalue weighted by molar-refractivity contribution is 9.11. The average Bonchev–Trinajstić information content (AvgIpc) is 4.38. The number of thioether (sulfide) groups is 2. The fraction of sp³-hybridized carbons (Fsp3) is 0.473. The average molecular weight is 1260 g/mol. The molecule has 2 aromatic heterocycles. The number of fused-ring (bicyclic) bond motifs is 2. The number of halogens is 5. The smallest absolute Gasteiger partial charge is 0.418 e. The lowest BCUT2D eigenvalue weighted by Crippen LogP contribution is -2.48. The molecule has 430 valence electrons. The molecule has 2 aliphatic heterocycles. The normalized spacial score (nSPS) is 23.7. The fourth-order valence-corrected chi connectivity index (χ4v) is 14.8. The number of carbonyl (C=O) groups is 3. The highest BCUT2D eigenvalue weighted by Gasteiger charge is 2.72. The second kappa shape index (κ2) is 25.4. The van der Waals surface area contributed by atoms with Gasteiger partial charge < -0.3 is 25.0 Å². The second-order valence-electron chi connectivity index (χ2n) is 22.2. The minimum absolute atomic E-state index is 0. The number of hydrogen-bond acceptors (Lipinski definition) is 15. The Morgan fingerprint density at radius 2 is 1.44 bits per heavy atom. The van der Waals surface area contributed by atoms with Crippen molar-refractivity contribution in [1.82, 2.24) is 24.7 Å². The molecule has 80 heavy (non-hydrogen) atoms. The van der Waals surface area contributed by atoms with Crippen LogP contribution in [0.15, 0.2) is 68.5 Å². The van der Waals surface area contributed by atoms with Crippen LogP contribution in [-0.4, -0.2) is 118 Å². The van der Waals surface area contributed by atoms with E-state index in [1.165, 1.54) is 111 Å². The molecule has 3 amide bonds. The van der Waals surface area contributed by atoms with Gasteiger partial charge in [0.15, 0.2) is 20.1 Å². The Morgan fingerprint density at radius 3 is 1.89 bits per heavy atom. The summed E-state index contributed by atoms with van der Waals surface area (Å²) in [5, 5.41) is 9.08. The van der Waals surface area contributed by atoms with Crippen molar-refractivity contribution in [3.05, 3.63) is 114 Å². The Bertz CT molecular complexity index is 3220. The van der Waals surface area contributed by atoms with Gasteiger partial charge in [0.2, 0.25) is 11.8 Å². The van der Waals surface area contributed by atoms with Crippen LogP contribution in [0, 0.1) is 41.4 Å². The van der Waals surface area contributed by atoms with Gasteiger partial charge in [0, 0.05) is 72.0 Å². The predicted octanol–water partition coefficient (Wildman–Crippen LogP) is 13.7. The number of thiazole rings is 2. The van der Waals surface area contributed by atoms with Crippen molar-refractivity contribution in [2.75, 3.05) is 41.5 Å². The molecule has 25 heteroatoms. The van der Waals surface area contributed by atoms with Crippen LogP contribution in [0.25, 0.3) is 22.8 Å². The van der Waals surface area contributed by atoms with E-state index >= 15 is 4.39 Å². The van der Waals surface area contributed by atoms with Crippen molar-refractivity contribution in [1.29, 1.82) is 5.26 Å². The summed E-state index contributed by atoms with van der Waals surface area (Å²) in [5.74, 6) is -2.82. The number of ether oxygens (including phenoxy) is 2. The molecule has 2 N–H and O–H groups in total. The minimum Gasteiger partial charge on any atom is -0.443 e. The molecule has 2 saturated carbocycles. The van der Waals surface area contributed by atoms with E-state index in [-0.39, 0.29) is 69.3 Å². The van der Waals surface area contributed by atoms with Gasteiger partial charge in [-0.15, -0.1) is 11.3 Å². The van der Waals surface area contributed by atoms with E-state index in [1.807, 2.05) is 6.07 Å². The van der Waals surface area contributed by atoms with E-state index in [0.717, 1.165) is 21.3 Å². The van der Waals surface area contributed by atoms with Gasteiger partial charge in [-0.1, -0.05) is 74.1 Å². The van der Waals surface area contributed by atoms with Crippen LogP contribution >= 0.6 is 62.1 Å². The standard InChI is InChI=1S/C29H43F2N3O4SSi.C21H19F2N5OS2.C4HBrN2S.CH4/c1-19(30)15-20-11-12-22(31)21(16-20)28(5)23-17-29(23,24(35)33(6)7)39-25(32-28)34(26(36)38-27(2,3)4)18-37-13-14-40(8,9)10;1-20(15-9-21(15,18(29)28(3)4)31-19(24)27-20)12-7-11(5-6-13(12)22)8-14(23)17-26-10-16(25-2)30-17;5-4-7-2-3(1-6)8-4;/h11-12,15-16,23H,13-14,17-18H2,1-10H3;5-8,10,15H,9H2,1,3-4H3,(H2,24,27);2H;1H4/b19-15-;14-8-;;/t23-,28+,29-;15-,20+,21-;;/m00../s1. The van der Waals surface area contributed by atoms with Gasteiger partial charge >= 0.3 is 6.09 Å². The number of aromatic nitrogens is 2. The molecule has 2 aliphatic carbocycles. The van der Waals surface area contributed by atoms with E-state index < -0.39 is 63.6 Å². The zero-order valence-corrected chi connectivity index (χ0v) is 52.0. The van der Waals surface area contributed by atoms with Crippen molar-refractivity contribution in [2.24, 2.45) is 27.6 Å². The molecular formula is C55H67BrF4N10O5S4Si. The molecule has 15 nitrogen and oxygen atoms in total. The molecule has 2 aromatic carbocycles. The number of nitriles is 1. The number of amidine groups is 2. The van der Waals surface area contributed by atoms with Gasteiger partial charge in [0.05, 0.1) is 29.7 Å². The summed E-state index contributed by atoms with van der Waals surface area (Å²) in [4.78, 5) is 65.3. The number of benzene rings is 2. The molecule has 0 unspecified atom stereocenters. The lowest BCUT2D eigenvalue weighted by molar-refractivity contribution is -0.130. The lowest BCUT2D eigenvalue weighted by Gasteiger charge is -2.38. The van der Waals surface area contributed by atoms with Crippen LogP contribution in [-0.2, 0) is 30.1 Å². The molecule has 0 saturated heterocycles. The summed E-state index contributed by atoms with van der Waals surface area (Å²) in [5.41, 5.74) is 4.43. The third-order valence-corrected chi connectivity index (χ3v) is 19.9. The molecule has 0 spiro atoms.